The Balaban J connectivity index is 1.51. The highest BCUT2D eigenvalue weighted by Crippen LogP contribution is 2.30. The van der Waals surface area contributed by atoms with Gasteiger partial charge in [0, 0.05) is 25.9 Å². The van der Waals surface area contributed by atoms with E-state index < -0.39 is 23.2 Å². The maximum atomic E-state index is 13.0. The molecule has 2 fully saturated rings. The molecule has 33 heavy (non-hydrogen) atoms. The lowest BCUT2D eigenvalue weighted by Gasteiger charge is -2.36. The minimum absolute atomic E-state index is 0.168. The summed E-state index contributed by atoms with van der Waals surface area (Å²) in [6.07, 6.45) is 3.55. The fourth-order valence-corrected chi connectivity index (χ4v) is 4.26. The molecule has 1 aromatic carbocycles. The lowest BCUT2D eigenvalue weighted by molar-refractivity contribution is -0.154. The average Bonchev–Trinajstić information content (AvgIpc) is 2.78. The summed E-state index contributed by atoms with van der Waals surface area (Å²) in [5, 5.41) is 2.84. The Bertz CT molecular complexity index is 806. The summed E-state index contributed by atoms with van der Waals surface area (Å²) in [5.74, 6) is -0.414. The van der Waals surface area contributed by atoms with E-state index in [9.17, 15) is 14.4 Å². The molecule has 1 saturated heterocycles. The molecule has 0 aromatic heterocycles. The second-order valence-electron chi connectivity index (χ2n) is 9.90. The molecule has 8 heteroatoms. The molecule has 0 spiro atoms. The molecule has 1 aliphatic carbocycles. The smallest absolute Gasteiger partial charge is 0.410 e. The van der Waals surface area contributed by atoms with Crippen LogP contribution in [0.3, 0.4) is 0 Å². The molecule has 0 atom stereocenters. The number of rotatable bonds is 5. The van der Waals surface area contributed by atoms with E-state index in [1.54, 1.807) is 4.90 Å². The number of nitrogens with zero attached hydrogens (tertiary/aromatic N) is 1. The Hall–Kier alpha value is -2.77. The molecular weight excluding hydrogens is 424 g/mol. The van der Waals surface area contributed by atoms with Crippen molar-refractivity contribution in [2.75, 3.05) is 13.1 Å². The van der Waals surface area contributed by atoms with Gasteiger partial charge in [-0.3, -0.25) is 0 Å². The third-order valence-electron chi connectivity index (χ3n) is 6.02. The van der Waals surface area contributed by atoms with Gasteiger partial charge in [0.25, 0.3) is 0 Å². The molecule has 0 radical (unpaired) electrons. The van der Waals surface area contributed by atoms with Crippen LogP contribution in [0.4, 0.5) is 9.59 Å². The number of piperidine rings is 1. The van der Waals surface area contributed by atoms with Crippen molar-refractivity contribution < 1.29 is 28.6 Å². The molecule has 2 aliphatic rings. The molecule has 1 aromatic rings. The summed E-state index contributed by atoms with van der Waals surface area (Å²) in [6, 6.07) is 9.48. The average molecular weight is 461 g/mol. The first-order valence-electron chi connectivity index (χ1n) is 11.8. The second kappa shape index (κ2) is 10.9. The van der Waals surface area contributed by atoms with Crippen molar-refractivity contribution in [2.45, 2.75) is 89.6 Å². The van der Waals surface area contributed by atoms with Gasteiger partial charge in [-0.15, -0.1) is 0 Å². The van der Waals surface area contributed by atoms with Crippen molar-refractivity contribution in [1.82, 2.24) is 10.2 Å². The SMILES string of the molecule is CC(C)(C)OC(=O)N1CCC(OC(=O)NC2(C(=O)OCc3ccccc3)CCCCC2)CC1. The summed E-state index contributed by atoms with van der Waals surface area (Å²) in [4.78, 5) is 39.6. The van der Waals surface area contributed by atoms with Crippen molar-refractivity contribution in [3.05, 3.63) is 35.9 Å². The summed E-state index contributed by atoms with van der Waals surface area (Å²) in [7, 11) is 0. The molecule has 0 bridgehead atoms. The van der Waals surface area contributed by atoms with Gasteiger partial charge < -0.3 is 24.4 Å². The predicted molar refractivity (Wildman–Crippen MR) is 122 cm³/mol. The van der Waals surface area contributed by atoms with Crippen molar-refractivity contribution in [3.63, 3.8) is 0 Å². The Kier molecular flexibility index (Phi) is 8.21. The van der Waals surface area contributed by atoms with Gasteiger partial charge in [0.1, 0.15) is 23.9 Å². The van der Waals surface area contributed by atoms with Crippen molar-refractivity contribution >= 4 is 18.2 Å². The highest BCUT2D eigenvalue weighted by molar-refractivity contribution is 5.86. The second-order valence-corrected chi connectivity index (χ2v) is 9.90. The van der Waals surface area contributed by atoms with Gasteiger partial charge in [-0.2, -0.15) is 0 Å². The van der Waals surface area contributed by atoms with Gasteiger partial charge in [0.05, 0.1) is 0 Å². The van der Waals surface area contributed by atoms with E-state index in [-0.39, 0.29) is 18.8 Å². The monoisotopic (exact) mass is 460 g/mol. The van der Waals surface area contributed by atoms with E-state index in [1.165, 1.54) is 0 Å². The van der Waals surface area contributed by atoms with Gasteiger partial charge >= 0.3 is 18.2 Å². The molecule has 8 nitrogen and oxygen atoms in total. The normalized spacial score (nSPS) is 18.8. The number of amides is 2. The van der Waals surface area contributed by atoms with Crippen LogP contribution < -0.4 is 5.32 Å². The summed E-state index contributed by atoms with van der Waals surface area (Å²) in [6.45, 7) is 6.57. The Morgan fingerprint density at radius 2 is 1.67 bits per heavy atom. The molecule has 182 valence electrons. The maximum Gasteiger partial charge on any atom is 0.410 e. The zero-order valence-electron chi connectivity index (χ0n) is 19.9. The van der Waals surface area contributed by atoms with Crippen LogP contribution in [-0.4, -0.2) is 53.4 Å². The fraction of sp³-hybridized carbons (Fsp3) is 0.640. The van der Waals surface area contributed by atoms with E-state index >= 15 is 0 Å². The summed E-state index contributed by atoms with van der Waals surface area (Å²) < 4.78 is 16.6. The van der Waals surface area contributed by atoms with Crippen LogP contribution in [0.15, 0.2) is 30.3 Å². The quantitative estimate of drug-likeness (QED) is 0.511. The Labute approximate surface area is 195 Å². The van der Waals surface area contributed by atoms with E-state index in [0.29, 0.717) is 38.8 Å². The third-order valence-corrected chi connectivity index (χ3v) is 6.02. The number of benzene rings is 1. The van der Waals surface area contributed by atoms with E-state index in [4.69, 9.17) is 14.2 Å². The number of ether oxygens (including phenoxy) is 3. The number of carbonyl (C=O) groups excluding carboxylic acids is 3. The molecule has 1 heterocycles. The van der Waals surface area contributed by atoms with Gasteiger partial charge in [-0.1, -0.05) is 49.6 Å². The first-order valence-corrected chi connectivity index (χ1v) is 11.8. The molecule has 0 unspecified atom stereocenters. The third kappa shape index (κ3) is 7.37. The van der Waals surface area contributed by atoms with Crippen LogP contribution in [0.1, 0.15) is 71.3 Å². The van der Waals surface area contributed by atoms with Crippen LogP contribution in [0.25, 0.3) is 0 Å². The number of alkyl carbamates (subject to hydrolysis) is 1. The van der Waals surface area contributed by atoms with Crippen LogP contribution in [0.5, 0.6) is 0 Å². The van der Waals surface area contributed by atoms with Crippen molar-refractivity contribution in [1.29, 1.82) is 0 Å². The molecule has 2 amide bonds. The topological polar surface area (TPSA) is 94.2 Å². The number of hydrogen-bond acceptors (Lipinski definition) is 6. The summed E-state index contributed by atoms with van der Waals surface area (Å²) >= 11 is 0. The lowest BCUT2D eigenvalue weighted by Crippen LogP contribution is -2.57. The van der Waals surface area contributed by atoms with Crippen molar-refractivity contribution in [3.8, 4) is 0 Å². The highest BCUT2D eigenvalue weighted by atomic mass is 16.6. The van der Waals surface area contributed by atoms with Crippen molar-refractivity contribution in [2.24, 2.45) is 0 Å². The number of carbonyl (C=O) groups is 3. The number of esters is 1. The van der Waals surface area contributed by atoms with Crippen LogP contribution in [-0.2, 0) is 25.6 Å². The van der Waals surface area contributed by atoms with E-state index in [0.717, 1.165) is 24.8 Å². The van der Waals surface area contributed by atoms with Gasteiger partial charge in [0.15, 0.2) is 0 Å². The predicted octanol–water partition coefficient (Wildman–Crippen LogP) is 4.56. The largest absolute Gasteiger partial charge is 0.459 e. The standard InChI is InChI=1S/C25H36N2O6/c1-24(2,3)33-23(30)27-16-12-20(13-17-27)32-22(29)26-25(14-8-5-9-15-25)21(28)31-18-19-10-6-4-7-11-19/h4,6-7,10-11,20H,5,8-9,12-18H2,1-3H3,(H,26,29). The molecule has 1 N–H and O–H groups in total. The molecular formula is C25H36N2O6. The molecule has 1 aliphatic heterocycles. The Morgan fingerprint density at radius 3 is 2.27 bits per heavy atom. The molecule has 3 rings (SSSR count). The Morgan fingerprint density at radius 1 is 1.03 bits per heavy atom. The zero-order chi connectivity index (χ0) is 23.9. The first kappa shape index (κ1) is 24.9. The van der Waals surface area contributed by atoms with Gasteiger partial charge in [0.2, 0.25) is 0 Å². The van der Waals surface area contributed by atoms with Gasteiger partial charge in [-0.25, -0.2) is 14.4 Å². The lowest BCUT2D eigenvalue weighted by atomic mass is 9.82. The maximum absolute atomic E-state index is 13.0. The molecule has 1 saturated carbocycles. The zero-order valence-corrected chi connectivity index (χ0v) is 19.9. The number of nitrogens with one attached hydrogen (secondary N) is 1. The minimum atomic E-state index is -1.05. The number of hydrogen-bond donors (Lipinski definition) is 1. The summed E-state index contributed by atoms with van der Waals surface area (Å²) in [5.41, 5.74) is -0.703. The highest BCUT2D eigenvalue weighted by Gasteiger charge is 2.43. The first-order chi connectivity index (χ1) is 15.7. The number of likely N-dealkylation sites (tertiary alicyclic amines) is 1. The van der Waals surface area contributed by atoms with Crippen LogP contribution >= 0.6 is 0 Å². The minimum Gasteiger partial charge on any atom is -0.459 e. The van der Waals surface area contributed by atoms with Crippen LogP contribution in [0, 0.1) is 0 Å². The van der Waals surface area contributed by atoms with Crippen LogP contribution in [0.2, 0.25) is 0 Å². The fourth-order valence-electron chi connectivity index (χ4n) is 4.26. The van der Waals surface area contributed by atoms with E-state index in [2.05, 4.69) is 5.32 Å². The van der Waals surface area contributed by atoms with E-state index in [1.807, 2.05) is 51.1 Å². The van der Waals surface area contributed by atoms with Gasteiger partial charge in [-0.05, 0) is 39.2 Å².